The maximum absolute atomic E-state index is 12.1. The fourth-order valence-electron chi connectivity index (χ4n) is 3.10. The zero-order valence-electron chi connectivity index (χ0n) is 11.5. The Hall–Kier alpha value is -1.32. The first-order valence-corrected chi connectivity index (χ1v) is 7.38. The number of ether oxygens (including phenoxy) is 1. The SMILES string of the molecule is CN1CCC2CC=C(OC(=O)c3ccc(Cl)cc3)CC21. The molecule has 4 heteroatoms. The quantitative estimate of drug-likeness (QED) is 0.781. The molecule has 20 heavy (non-hydrogen) atoms. The van der Waals surface area contributed by atoms with E-state index >= 15 is 0 Å². The summed E-state index contributed by atoms with van der Waals surface area (Å²) >= 11 is 5.82. The molecule has 3 nitrogen and oxygen atoms in total. The number of carbonyl (C=O) groups is 1. The standard InChI is InChI=1S/C16H18ClNO2/c1-18-9-8-11-4-7-14(10-15(11)18)20-16(19)12-2-5-13(17)6-3-12/h2-3,5-7,11,15H,4,8-10H2,1H3. The van der Waals surface area contributed by atoms with Crippen LogP contribution in [0.15, 0.2) is 36.1 Å². The average Bonchev–Trinajstić information content (AvgIpc) is 2.81. The summed E-state index contributed by atoms with van der Waals surface area (Å²) in [7, 11) is 2.15. The van der Waals surface area contributed by atoms with Gasteiger partial charge in [-0.05, 0) is 62.7 Å². The Balaban J connectivity index is 1.66. The van der Waals surface area contributed by atoms with E-state index in [9.17, 15) is 4.79 Å². The van der Waals surface area contributed by atoms with E-state index in [4.69, 9.17) is 16.3 Å². The van der Waals surface area contributed by atoms with Crippen molar-refractivity contribution in [2.45, 2.75) is 25.3 Å². The minimum Gasteiger partial charge on any atom is -0.428 e. The summed E-state index contributed by atoms with van der Waals surface area (Å²) in [5, 5.41) is 0.619. The van der Waals surface area contributed by atoms with Crippen molar-refractivity contribution in [1.82, 2.24) is 4.90 Å². The van der Waals surface area contributed by atoms with Gasteiger partial charge in [0.15, 0.2) is 0 Å². The van der Waals surface area contributed by atoms with Crippen LogP contribution in [0.5, 0.6) is 0 Å². The lowest BCUT2D eigenvalue weighted by atomic mass is 9.89. The Morgan fingerprint density at radius 2 is 2.10 bits per heavy atom. The number of hydrogen-bond acceptors (Lipinski definition) is 3. The Labute approximate surface area is 124 Å². The van der Waals surface area contributed by atoms with Gasteiger partial charge in [0.25, 0.3) is 0 Å². The molecule has 0 N–H and O–H groups in total. The second-order valence-electron chi connectivity index (χ2n) is 5.60. The first-order valence-electron chi connectivity index (χ1n) is 7.00. The highest BCUT2D eigenvalue weighted by Crippen LogP contribution is 2.35. The molecular formula is C16H18ClNO2. The van der Waals surface area contributed by atoms with Gasteiger partial charge in [-0.3, -0.25) is 0 Å². The predicted octanol–water partition coefficient (Wildman–Crippen LogP) is 3.49. The monoisotopic (exact) mass is 291 g/mol. The van der Waals surface area contributed by atoms with Gasteiger partial charge in [0, 0.05) is 17.5 Å². The summed E-state index contributed by atoms with van der Waals surface area (Å²) in [4.78, 5) is 14.4. The number of benzene rings is 1. The highest BCUT2D eigenvalue weighted by atomic mass is 35.5. The van der Waals surface area contributed by atoms with Gasteiger partial charge in [-0.25, -0.2) is 4.79 Å². The molecular weight excluding hydrogens is 274 g/mol. The number of carbonyl (C=O) groups excluding carboxylic acids is 1. The van der Waals surface area contributed by atoms with Gasteiger partial charge in [-0.1, -0.05) is 11.6 Å². The molecule has 0 spiro atoms. The second kappa shape index (κ2) is 5.58. The molecule has 1 aliphatic carbocycles. The minimum atomic E-state index is -0.299. The molecule has 1 aromatic rings. The van der Waals surface area contributed by atoms with E-state index in [2.05, 4.69) is 18.0 Å². The van der Waals surface area contributed by atoms with Crippen molar-refractivity contribution >= 4 is 17.6 Å². The lowest BCUT2D eigenvalue weighted by molar-refractivity contribution is 0.0587. The first kappa shape index (κ1) is 13.7. The lowest BCUT2D eigenvalue weighted by Crippen LogP contribution is -2.32. The van der Waals surface area contributed by atoms with Crippen LogP contribution in [0.2, 0.25) is 5.02 Å². The number of nitrogens with zero attached hydrogens (tertiary/aromatic N) is 1. The number of esters is 1. The van der Waals surface area contributed by atoms with Crippen LogP contribution in [0.4, 0.5) is 0 Å². The molecule has 106 valence electrons. The second-order valence-corrected chi connectivity index (χ2v) is 6.04. The van der Waals surface area contributed by atoms with Gasteiger partial charge in [0.2, 0.25) is 0 Å². The van der Waals surface area contributed by atoms with Gasteiger partial charge >= 0.3 is 5.97 Å². The minimum absolute atomic E-state index is 0.299. The molecule has 1 aromatic carbocycles. The Bertz CT molecular complexity index is 538. The van der Waals surface area contributed by atoms with Crippen LogP contribution in [0.1, 0.15) is 29.6 Å². The molecule has 0 aromatic heterocycles. The summed E-state index contributed by atoms with van der Waals surface area (Å²) < 4.78 is 5.53. The van der Waals surface area contributed by atoms with Gasteiger partial charge in [0.05, 0.1) is 5.56 Å². The summed E-state index contributed by atoms with van der Waals surface area (Å²) in [5.74, 6) is 1.23. The molecule has 1 aliphatic heterocycles. The fourth-order valence-corrected chi connectivity index (χ4v) is 3.23. The summed E-state index contributed by atoms with van der Waals surface area (Å²) in [5.41, 5.74) is 0.539. The number of allylic oxidation sites excluding steroid dienone is 1. The molecule has 1 heterocycles. The molecule has 1 fully saturated rings. The summed E-state index contributed by atoms with van der Waals surface area (Å²) in [6.45, 7) is 1.14. The van der Waals surface area contributed by atoms with Crippen molar-refractivity contribution in [3.05, 3.63) is 46.7 Å². The van der Waals surface area contributed by atoms with Crippen molar-refractivity contribution in [3.63, 3.8) is 0 Å². The third-order valence-electron chi connectivity index (χ3n) is 4.33. The van der Waals surface area contributed by atoms with E-state index in [0.29, 0.717) is 16.6 Å². The predicted molar refractivity (Wildman–Crippen MR) is 78.7 cm³/mol. The number of hydrogen-bond donors (Lipinski definition) is 0. The van der Waals surface area contributed by atoms with E-state index in [1.54, 1.807) is 24.3 Å². The van der Waals surface area contributed by atoms with Crippen molar-refractivity contribution < 1.29 is 9.53 Å². The largest absolute Gasteiger partial charge is 0.428 e. The van der Waals surface area contributed by atoms with Gasteiger partial charge < -0.3 is 9.64 Å². The maximum Gasteiger partial charge on any atom is 0.343 e. The zero-order chi connectivity index (χ0) is 14.1. The van der Waals surface area contributed by atoms with Crippen LogP contribution in [-0.2, 0) is 4.74 Å². The van der Waals surface area contributed by atoms with E-state index in [0.717, 1.165) is 31.1 Å². The normalized spacial score (nSPS) is 26.0. The van der Waals surface area contributed by atoms with Crippen molar-refractivity contribution in [1.29, 1.82) is 0 Å². The molecule has 2 unspecified atom stereocenters. The number of fused-ring (bicyclic) bond motifs is 1. The van der Waals surface area contributed by atoms with Crippen LogP contribution < -0.4 is 0 Å². The molecule has 0 saturated carbocycles. The first-order chi connectivity index (χ1) is 9.63. The highest BCUT2D eigenvalue weighted by Gasteiger charge is 2.35. The van der Waals surface area contributed by atoms with Crippen molar-refractivity contribution in [2.24, 2.45) is 5.92 Å². The van der Waals surface area contributed by atoms with Crippen LogP contribution >= 0.6 is 11.6 Å². The third-order valence-corrected chi connectivity index (χ3v) is 4.58. The van der Waals surface area contributed by atoms with Crippen LogP contribution in [0.3, 0.4) is 0 Å². The molecule has 0 amide bonds. The number of rotatable bonds is 2. The van der Waals surface area contributed by atoms with Gasteiger partial charge in [0.1, 0.15) is 5.76 Å². The number of halogens is 1. The molecule has 2 atom stereocenters. The van der Waals surface area contributed by atoms with Crippen molar-refractivity contribution in [2.75, 3.05) is 13.6 Å². The van der Waals surface area contributed by atoms with Crippen molar-refractivity contribution in [3.8, 4) is 0 Å². The van der Waals surface area contributed by atoms with Crippen LogP contribution in [0.25, 0.3) is 0 Å². The van der Waals surface area contributed by atoms with Gasteiger partial charge in [-0.15, -0.1) is 0 Å². The van der Waals surface area contributed by atoms with E-state index in [1.807, 2.05) is 0 Å². The van der Waals surface area contributed by atoms with Crippen LogP contribution in [-0.4, -0.2) is 30.5 Å². The smallest absolute Gasteiger partial charge is 0.343 e. The highest BCUT2D eigenvalue weighted by molar-refractivity contribution is 6.30. The molecule has 1 saturated heterocycles. The van der Waals surface area contributed by atoms with E-state index in [1.165, 1.54) is 6.42 Å². The molecule has 2 aliphatic rings. The Morgan fingerprint density at radius 1 is 1.35 bits per heavy atom. The number of likely N-dealkylation sites (tertiary alicyclic amines) is 1. The topological polar surface area (TPSA) is 29.5 Å². The zero-order valence-corrected chi connectivity index (χ0v) is 12.3. The average molecular weight is 292 g/mol. The van der Waals surface area contributed by atoms with E-state index < -0.39 is 0 Å². The van der Waals surface area contributed by atoms with Gasteiger partial charge in [-0.2, -0.15) is 0 Å². The summed E-state index contributed by atoms with van der Waals surface area (Å²) in [6, 6.07) is 7.31. The molecule has 0 radical (unpaired) electrons. The molecule has 3 rings (SSSR count). The Kier molecular flexibility index (Phi) is 3.81. The lowest BCUT2D eigenvalue weighted by Gasteiger charge is -2.28. The fraction of sp³-hybridized carbons (Fsp3) is 0.438. The third kappa shape index (κ3) is 2.74. The van der Waals surface area contributed by atoms with Crippen LogP contribution in [0, 0.1) is 5.92 Å². The molecule has 0 bridgehead atoms. The maximum atomic E-state index is 12.1. The Morgan fingerprint density at radius 3 is 2.85 bits per heavy atom. The van der Waals surface area contributed by atoms with E-state index in [-0.39, 0.29) is 5.97 Å². The summed E-state index contributed by atoms with van der Waals surface area (Å²) in [6.07, 6.45) is 5.17.